The molecule has 2 N–H and O–H groups in total. The van der Waals surface area contributed by atoms with Crippen molar-refractivity contribution in [1.29, 1.82) is 0 Å². The monoisotopic (exact) mass is 254 g/mol. The van der Waals surface area contributed by atoms with Gasteiger partial charge in [0.1, 0.15) is 0 Å². The molecule has 1 aliphatic heterocycles. The van der Waals surface area contributed by atoms with E-state index in [4.69, 9.17) is 5.11 Å². The van der Waals surface area contributed by atoms with Gasteiger partial charge in [-0.2, -0.15) is 13.2 Å². The third-order valence-corrected chi connectivity index (χ3v) is 2.80. The molecule has 17 heavy (non-hydrogen) atoms. The standard InChI is InChI=1S/C10H17F3N2O2/c1-7(16)14-8-2-4-15(5-3-8)6-9(17)10(11,12)13/h8-9,17H,2-6H2,1H3,(H,14,16). The molecule has 0 bridgehead atoms. The first-order chi connectivity index (χ1) is 7.79. The number of rotatable bonds is 3. The molecule has 0 radical (unpaired) electrons. The summed E-state index contributed by atoms with van der Waals surface area (Å²) in [4.78, 5) is 12.4. The first kappa shape index (κ1) is 14.2. The van der Waals surface area contributed by atoms with Gasteiger partial charge in [-0.25, -0.2) is 0 Å². The highest BCUT2D eigenvalue weighted by Gasteiger charge is 2.39. The van der Waals surface area contributed by atoms with E-state index in [1.807, 2.05) is 0 Å². The lowest BCUT2D eigenvalue weighted by Gasteiger charge is -2.33. The van der Waals surface area contributed by atoms with Gasteiger partial charge >= 0.3 is 6.18 Å². The van der Waals surface area contributed by atoms with Gasteiger partial charge in [0.05, 0.1) is 0 Å². The number of carbonyl (C=O) groups excluding carboxylic acids is 1. The number of likely N-dealkylation sites (tertiary alicyclic amines) is 1. The third kappa shape index (κ3) is 4.91. The Kier molecular flexibility index (Phi) is 4.76. The zero-order chi connectivity index (χ0) is 13.1. The first-order valence-corrected chi connectivity index (χ1v) is 5.53. The van der Waals surface area contributed by atoms with Gasteiger partial charge < -0.3 is 15.3 Å². The largest absolute Gasteiger partial charge is 0.415 e. The van der Waals surface area contributed by atoms with Crippen molar-refractivity contribution in [3.05, 3.63) is 0 Å². The van der Waals surface area contributed by atoms with E-state index in [1.54, 1.807) is 4.90 Å². The van der Waals surface area contributed by atoms with E-state index in [2.05, 4.69) is 5.32 Å². The summed E-state index contributed by atoms with van der Waals surface area (Å²) in [7, 11) is 0. The van der Waals surface area contributed by atoms with Crippen LogP contribution in [0.15, 0.2) is 0 Å². The summed E-state index contributed by atoms with van der Waals surface area (Å²) >= 11 is 0. The minimum Gasteiger partial charge on any atom is -0.382 e. The second-order valence-corrected chi connectivity index (χ2v) is 4.33. The molecule has 0 saturated carbocycles. The normalized spacial score (nSPS) is 21.2. The molecule has 1 fully saturated rings. The molecule has 4 nitrogen and oxygen atoms in total. The highest BCUT2D eigenvalue weighted by Crippen LogP contribution is 2.22. The van der Waals surface area contributed by atoms with Crippen molar-refractivity contribution in [2.75, 3.05) is 19.6 Å². The summed E-state index contributed by atoms with van der Waals surface area (Å²) in [6.45, 7) is 1.94. The Morgan fingerprint density at radius 2 is 2.00 bits per heavy atom. The summed E-state index contributed by atoms with van der Waals surface area (Å²) < 4.78 is 36.4. The molecule has 100 valence electrons. The SMILES string of the molecule is CC(=O)NC1CCN(CC(O)C(F)(F)F)CC1. The number of alkyl halides is 3. The van der Waals surface area contributed by atoms with Gasteiger partial charge in [-0.15, -0.1) is 0 Å². The Hall–Kier alpha value is -0.820. The predicted octanol–water partition coefficient (Wildman–Crippen LogP) is 0.510. The number of aliphatic hydroxyl groups excluding tert-OH is 1. The van der Waals surface area contributed by atoms with Crippen LogP contribution >= 0.6 is 0 Å². The zero-order valence-corrected chi connectivity index (χ0v) is 9.63. The van der Waals surface area contributed by atoms with E-state index in [0.717, 1.165) is 0 Å². The summed E-state index contributed by atoms with van der Waals surface area (Å²) in [6.07, 6.45) is -5.62. The number of halogens is 3. The Balaban J connectivity index is 2.30. The van der Waals surface area contributed by atoms with Crippen LogP contribution in [0.4, 0.5) is 13.2 Å². The van der Waals surface area contributed by atoms with Crippen LogP contribution in [0.5, 0.6) is 0 Å². The fraction of sp³-hybridized carbons (Fsp3) is 0.900. The Labute approximate surface area is 97.8 Å². The number of carbonyl (C=O) groups is 1. The van der Waals surface area contributed by atoms with Crippen molar-refractivity contribution < 1.29 is 23.1 Å². The van der Waals surface area contributed by atoms with Crippen LogP contribution in [0, 0.1) is 0 Å². The lowest BCUT2D eigenvalue weighted by molar-refractivity contribution is -0.208. The second kappa shape index (κ2) is 5.68. The van der Waals surface area contributed by atoms with Crippen LogP contribution in [-0.4, -0.2) is 53.9 Å². The molecular formula is C10H17F3N2O2. The van der Waals surface area contributed by atoms with Crippen molar-refractivity contribution in [3.63, 3.8) is 0 Å². The maximum atomic E-state index is 12.1. The zero-order valence-electron chi connectivity index (χ0n) is 9.63. The van der Waals surface area contributed by atoms with Crippen LogP contribution < -0.4 is 5.32 Å². The lowest BCUT2D eigenvalue weighted by atomic mass is 10.0. The van der Waals surface area contributed by atoms with E-state index in [9.17, 15) is 18.0 Å². The van der Waals surface area contributed by atoms with Gasteiger partial charge in [-0.05, 0) is 12.8 Å². The van der Waals surface area contributed by atoms with Gasteiger partial charge in [0.15, 0.2) is 6.10 Å². The summed E-state index contributed by atoms with van der Waals surface area (Å²) in [5.74, 6) is -0.126. The molecule has 7 heteroatoms. The van der Waals surface area contributed by atoms with Crippen LogP contribution in [0.3, 0.4) is 0 Å². The molecule has 1 atom stereocenters. The minimum atomic E-state index is -4.56. The fourth-order valence-electron chi connectivity index (χ4n) is 1.90. The average molecular weight is 254 g/mol. The number of β-amino-alcohol motifs (C(OH)–C–C–N with tert-alkyl or cyclic N) is 1. The van der Waals surface area contributed by atoms with Crippen LogP contribution in [0.1, 0.15) is 19.8 Å². The number of nitrogens with zero attached hydrogens (tertiary/aromatic N) is 1. The molecule has 1 aliphatic rings. The predicted molar refractivity (Wildman–Crippen MR) is 55.3 cm³/mol. The summed E-state index contributed by atoms with van der Waals surface area (Å²) in [5, 5.41) is 11.6. The molecule has 1 heterocycles. The fourth-order valence-corrected chi connectivity index (χ4v) is 1.90. The smallest absolute Gasteiger partial charge is 0.382 e. The van der Waals surface area contributed by atoms with Gasteiger partial charge in [0.2, 0.25) is 5.91 Å². The topological polar surface area (TPSA) is 52.6 Å². The Morgan fingerprint density at radius 1 is 1.47 bits per heavy atom. The van der Waals surface area contributed by atoms with Crippen molar-refractivity contribution in [2.45, 2.75) is 38.1 Å². The second-order valence-electron chi connectivity index (χ2n) is 4.33. The van der Waals surface area contributed by atoms with E-state index in [1.165, 1.54) is 6.92 Å². The number of nitrogens with one attached hydrogen (secondary N) is 1. The van der Waals surface area contributed by atoms with Crippen LogP contribution in [-0.2, 0) is 4.79 Å². The van der Waals surface area contributed by atoms with E-state index >= 15 is 0 Å². The van der Waals surface area contributed by atoms with Gasteiger partial charge in [-0.3, -0.25) is 4.79 Å². The number of hydrogen-bond acceptors (Lipinski definition) is 3. The highest BCUT2D eigenvalue weighted by molar-refractivity contribution is 5.73. The van der Waals surface area contributed by atoms with Crippen molar-refractivity contribution >= 4 is 5.91 Å². The van der Waals surface area contributed by atoms with Crippen molar-refractivity contribution in [2.24, 2.45) is 0 Å². The molecule has 1 rings (SSSR count). The third-order valence-electron chi connectivity index (χ3n) is 2.80. The summed E-state index contributed by atoms with van der Waals surface area (Å²) in [5.41, 5.74) is 0. The molecule has 0 aliphatic carbocycles. The Bertz CT molecular complexity index is 263. The molecule has 1 unspecified atom stereocenters. The molecular weight excluding hydrogens is 237 g/mol. The van der Waals surface area contributed by atoms with E-state index in [-0.39, 0.29) is 11.9 Å². The van der Waals surface area contributed by atoms with Crippen molar-refractivity contribution in [1.82, 2.24) is 10.2 Å². The van der Waals surface area contributed by atoms with Gasteiger partial charge in [-0.1, -0.05) is 0 Å². The number of amides is 1. The highest BCUT2D eigenvalue weighted by atomic mass is 19.4. The molecule has 0 aromatic heterocycles. The molecule has 0 spiro atoms. The van der Waals surface area contributed by atoms with Crippen LogP contribution in [0.2, 0.25) is 0 Å². The molecule has 1 amide bonds. The van der Waals surface area contributed by atoms with Gasteiger partial charge in [0, 0.05) is 32.6 Å². The maximum Gasteiger partial charge on any atom is 0.415 e. The Morgan fingerprint density at radius 3 is 2.41 bits per heavy atom. The van der Waals surface area contributed by atoms with Gasteiger partial charge in [0.25, 0.3) is 0 Å². The van der Waals surface area contributed by atoms with Crippen LogP contribution in [0.25, 0.3) is 0 Å². The quantitative estimate of drug-likeness (QED) is 0.771. The number of aliphatic hydroxyl groups is 1. The number of hydrogen-bond donors (Lipinski definition) is 2. The van der Waals surface area contributed by atoms with E-state index in [0.29, 0.717) is 25.9 Å². The van der Waals surface area contributed by atoms with E-state index < -0.39 is 18.8 Å². The van der Waals surface area contributed by atoms with Crippen molar-refractivity contribution in [3.8, 4) is 0 Å². The lowest BCUT2D eigenvalue weighted by Crippen LogP contribution is -2.48. The molecule has 0 aromatic rings. The number of piperidine rings is 1. The minimum absolute atomic E-state index is 0.0341. The maximum absolute atomic E-state index is 12.1. The average Bonchev–Trinajstić information content (AvgIpc) is 2.18. The molecule has 0 aromatic carbocycles. The molecule has 1 saturated heterocycles. The first-order valence-electron chi connectivity index (χ1n) is 5.53. The summed E-state index contributed by atoms with van der Waals surface area (Å²) in [6, 6.07) is 0.0341.